The lowest BCUT2D eigenvalue weighted by atomic mass is 10.0. The molecule has 0 heterocycles. The molecule has 4 nitrogen and oxygen atoms in total. The van der Waals surface area contributed by atoms with Crippen LogP contribution in [0.1, 0.15) is 17.0 Å². The zero-order valence-electron chi connectivity index (χ0n) is 9.63. The smallest absolute Gasteiger partial charge is 0.265 e. The molecule has 1 aromatic rings. The monoisotopic (exact) mass is 263 g/mol. The molecule has 2 N–H and O–H groups in total. The van der Waals surface area contributed by atoms with E-state index in [1.165, 1.54) is 0 Å². The first-order valence-electron chi connectivity index (χ1n) is 5.44. The third kappa shape index (κ3) is 2.73. The number of terminal acetylenes is 1. The maximum absolute atomic E-state index is 11.1. The second kappa shape index (κ2) is 4.84. The van der Waals surface area contributed by atoms with E-state index >= 15 is 0 Å². The van der Waals surface area contributed by atoms with Crippen molar-refractivity contribution in [2.24, 2.45) is 0 Å². The Morgan fingerprint density at radius 1 is 1.39 bits per heavy atom. The Hall–Kier alpha value is -1.77. The standard InChI is InChI=1S/C13H13NO3S/c1-2-7-14-13-8-10-5-3-4-6-11(10)12(13)9-18(15,16)17/h1,3-6,8,12,14H,7,9H2,(H,15,16,17). The summed E-state index contributed by atoms with van der Waals surface area (Å²) in [6, 6.07) is 7.47. The number of allylic oxidation sites excluding steroid dienone is 1. The molecule has 1 aromatic carbocycles. The maximum atomic E-state index is 11.1. The lowest BCUT2D eigenvalue weighted by molar-refractivity contribution is 0.479. The average molecular weight is 263 g/mol. The van der Waals surface area contributed by atoms with Crippen molar-refractivity contribution in [3.8, 4) is 12.3 Å². The predicted octanol–water partition coefficient (Wildman–Crippen LogP) is 1.24. The van der Waals surface area contributed by atoms with Gasteiger partial charge in [0.2, 0.25) is 0 Å². The maximum Gasteiger partial charge on any atom is 0.265 e. The summed E-state index contributed by atoms with van der Waals surface area (Å²) in [5.41, 5.74) is 2.56. The molecule has 0 saturated heterocycles. The van der Waals surface area contributed by atoms with Gasteiger partial charge in [-0.1, -0.05) is 30.2 Å². The number of hydrogen-bond acceptors (Lipinski definition) is 3. The molecule has 0 fully saturated rings. The predicted molar refractivity (Wildman–Crippen MR) is 70.4 cm³/mol. The van der Waals surface area contributed by atoms with E-state index in [4.69, 9.17) is 11.0 Å². The summed E-state index contributed by atoms with van der Waals surface area (Å²) in [7, 11) is -4.04. The minimum Gasteiger partial charge on any atom is -0.377 e. The molecular formula is C13H13NO3S. The van der Waals surface area contributed by atoms with Crippen LogP contribution in [0, 0.1) is 12.3 Å². The Labute approximate surface area is 106 Å². The molecule has 0 bridgehead atoms. The largest absolute Gasteiger partial charge is 0.377 e. The normalized spacial score (nSPS) is 17.8. The summed E-state index contributed by atoms with van der Waals surface area (Å²) in [4.78, 5) is 0. The molecular weight excluding hydrogens is 250 g/mol. The minimum atomic E-state index is -4.04. The van der Waals surface area contributed by atoms with Gasteiger partial charge in [-0.15, -0.1) is 6.42 Å². The van der Waals surface area contributed by atoms with Gasteiger partial charge in [-0.3, -0.25) is 4.55 Å². The Kier molecular flexibility index (Phi) is 3.41. The van der Waals surface area contributed by atoms with E-state index in [-0.39, 0.29) is 11.7 Å². The van der Waals surface area contributed by atoms with E-state index < -0.39 is 10.1 Å². The van der Waals surface area contributed by atoms with E-state index in [2.05, 4.69) is 11.2 Å². The van der Waals surface area contributed by atoms with Crippen molar-refractivity contribution in [2.45, 2.75) is 5.92 Å². The topological polar surface area (TPSA) is 66.4 Å². The molecule has 0 radical (unpaired) electrons. The fraction of sp³-hybridized carbons (Fsp3) is 0.231. The van der Waals surface area contributed by atoms with Crippen LogP contribution in [0.3, 0.4) is 0 Å². The molecule has 0 amide bonds. The number of rotatable bonds is 4. The van der Waals surface area contributed by atoms with Gasteiger partial charge in [0.15, 0.2) is 0 Å². The van der Waals surface area contributed by atoms with E-state index in [0.29, 0.717) is 6.54 Å². The highest BCUT2D eigenvalue weighted by Crippen LogP contribution is 2.35. The first kappa shape index (κ1) is 12.7. The molecule has 0 aromatic heterocycles. The van der Waals surface area contributed by atoms with Crippen LogP contribution >= 0.6 is 0 Å². The molecule has 0 saturated carbocycles. The van der Waals surface area contributed by atoms with Crippen molar-refractivity contribution >= 4 is 16.2 Å². The highest BCUT2D eigenvalue weighted by Gasteiger charge is 2.28. The van der Waals surface area contributed by atoms with Crippen molar-refractivity contribution in [3.63, 3.8) is 0 Å². The molecule has 2 rings (SSSR count). The number of fused-ring (bicyclic) bond motifs is 1. The van der Waals surface area contributed by atoms with Crippen molar-refractivity contribution in [3.05, 3.63) is 41.1 Å². The Morgan fingerprint density at radius 3 is 2.78 bits per heavy atom. The van der Waals surface area contributed by atoms with E-state index in [0.717, 1.165) is 16.8 Å². The van der Waals surface area contributed by atoms with Gasteiger partial charge in [0.25, 0.3) is 10.1 Å². The molecule has 1 unspecified atom stereocenters. The fourth-order valence-electron chi connectivity index (χ4n) is 2.11. The Balaban J connectivity index is 2.33. The van der Waals surface area contributed by atoms with Crippen molar-refractivity contribution < 1.29 is 13.0 Å². The van der Waals surface area contributed by atoms with Gasteiger partial charge in [0, 0.05) is 11.6 Å². The molecule has 1 aliphatic rings. The second-order valence-electron chi connectivity index (χ2n) is 4.09. The molecule has 0 aliphatic heterocycles. The van der Waals surface area contributed by atoms with Crippen LogP contribution in [0.4, 0.5) is 0 Å². The fourth-order valence-corrected chi connectivity index (χ4v) is 2.89. The first-order valence-corrected chi connectivity index (χ1v) is 7.05. The van der Waals surface area contributed by atoms with Crippen molar-refractivity contribution in [1.29, 1.82) is 0 Å². The highest BCUT2D eigenvalue weighted by molar-refractivity contribution is 7.85. The lowest BCUT2D eigenvalue weighted by Crippen LogP contribution is -2.22. The zero-order chi connectivity index (χ0) is 13.2. The molecule has 18 heavy (non-hydrogen) atoms. The highest BCUT2D eigenvalue weighted by atomic mass is 32.2. The van der Waals surface area contributed by atoms with Gasteiger partial charge < -0.3 is 5.32 Å². The van der Waals surface area contributed by atoms with Crippen molar-refractivity contribution in [1.82, 2.24) is 5.32 Å². The third-order valence-corrected chi connectivity index (χ3v) is 3.58. The van der Waals surface area contributed by atoms with Crippen LogP contribution in [0.5, 0.6) is 0 Å². The van der Waals surface area contributed by atoms with Crippen LogP contribution in [0.2, 0.25) is 0 Å². The van der Waals surface area contributed by atoms with Gasteiger partial charge in [0.05, 0.1) is 12.3 Å². The van der Waals surface area contributed by atoms with Crippen LogP contribution in [0.25, 0.3) is 6.08 Å². The lowest BCUT2D eigenvalue weighted by Gasteiger charge is -2.15. The molecule has 0 spiro atoms. The summed E-state index contributed by atoms with van der Waals surface area (Å²) in [6.45, 7) is 0.321. The van der Waals surface area contributed by atoms with Gasteiger partial charge in [-0.2, -0.15) is 8.42 Å². The number of hydrogen-bond donors (Lipinski definition) is 2. The molecule has 1 atom stereocenters. The summed E-state index contributed by atoms with van der Waals surface area (Å²) >= 11 is 0. The van der Waals surface area contributed by atoms with Crippen LogP contribution in [0.15, 0.2) is 30.0 Å². The van der Waals surface area contributed by atoms with Gasteiger partial charge in [-0.25, -0.2) is 0 Å². The quantitative estimate of drug-likeness (QED) is 0.633. The van der Waals surface area contributed by atoms with E-state index in [1.54, 1.807) is 0 Å². The van der Waals surface area contributed by atoms with Gasteiger partial charge in [0.1, 0.15) is 0 Å². The van der Waals surface area contributed by atoms with Crippen LogP contribution in [-0.2, 0) is 10.1 Å². The van der Waals surface area contributed by atoms with Crippen LogP contribution < -0.4 is 5.32 Å². The average Bonchev–Trinajstić information content (AvgIpc) is 2.63. The Morgan fingerprint density at radius 2 is 2.11 bits per heavy atom. The van der Waals surface area contributed by atoms with E-state index in [1.807, 2.05) is 30.3 Å². The minimum absolute atomic E-state index is 0.321. The molecule has 94 valence electrons. The molecule has 1 aliphatic carbocycles. The Bertz CT molecular complexity index is 626. The second-order valence-corrected chi connectivity index (χ2v) is 5.58. The summed E-state index contributed by atoms with van der Waals surface area (Å²) in [5, 5.41) is 3.00. The third-order valence-electron chi connectivity index (χ3n) is 2.83. The summed E-state index contributed by atoms with van der Waals surface area (Å²) < 4.78 is 31.2. The number of benzene rings is 1. The van der Waals surface area contributed by atoms with Crippen LogP contribution in [-0.4, -0.2) is 25.3 Å². The summed E-state index contributed by atoms with van der Waals surface area (Å²) in [6.07, 6.45) is 7.04. The number of nitrogens with one attached hydrogen (secondary N) is 1. The van der Waals surface area contributed by atoms with E-state index in [9.17, 15) is 8.42 Å². The SMILES string of the molecule is C#CCNC1=Cc2ccccc2C1CS(=O)(=O)O. The zero-order valence-corrected chi connectivity index (χ0v) is 10.4. The first-order chi connectivity index (χ1) is 8.51. The van der Waals surface area contributed by atoms with Gasteiger partial charge >= 0.3 is 0 Å². The summed E-state index contributed by atoms with van der Waals surface area (Å²) in [5.74, 6) is 1.72. The molecule has 5 heteroatoms. The van der Waals surface area contributed by atoms with Crippen molar-refractivity contribution in [2.75, 3.05) is 12.3 Å². The van der Waals surface area contributed by atoms with Gasteiger partial charge in [-0.05, 0) is 17.2 Å².